The standard InChI is InChI=1S/C15H26N4O2/c1-11(14(20)18-15(2,3)4)17-12-8-16-19(9-12)10-13-6-5-7-21-13/h8-9,11,13,17H,5-7,10H2,1-4H3,(H,18,20)/t11-,13+/m0/s1. The van der Waals surface area contributed by atoms with Crippen LogP contribution in [0.3, 0.4) is 0 Å². The monoisotopic (exact) mass is 294 g/mol. The number of carbonyl (C=O) groups excluding carboxylic acids is 1. The van der Waals surface area contributed by atoms with E-state index >= 15 is 0 Å². The Morgan fingerprint density at radius 2 is 2.33 bits per heavy atom. The number of hydrogen-bond acceptors (Lipinski definition) is 4. The molecule has 0 bridgehead atoms. The number of amides is 1. The van der Waals surface area contributed by atoms with Crippen LogP contribution in [0.2, 0.25) is 0 Å². The van der Waals surface area contributed by atoms with E-state index in [1.807, 2.05) is 38.6 Å². The Morgan fingerprint density at radius 3 is 2.95 bits per heavy atom. The average Bonchev–Trinajstić information content (AvgIpc) is 2.99. The van der Waals surface area contributed by atoms with Crippen LogP contribution in [0.1, 0.15) is 40.5 Å². The number of hydrogen-bond donors (Lipinski definition) is 2. The molecular weight excluding hydrogens is 268 g/mol. The summed E-state index contributed by atoms with van der Waals surface area (Å²) in [7, 11) is 0. The maximum absolute atomic E-state index is 12.0. The van der Waals surface area contributed by atoms with Crippen LogP contribution in [0.4, 0.5) is 5.69 Å². The zero-order valence-corrected chi connectivity index (χ0v) is 13.3. The normalized spacial score (nSPS) is 20.3. The lowest BCUT2D eigenvalue weighted by Gasteiger charge is -2.23. The molecule has 0 saturated carbocycles. The van der Waals surface area contributed by atoms with E-state index in [0.29, 0.717) is 0 Å². The van der Waals surface area contributed by atoms with Gasteiger partial charge in [0.25, 0.3) is 0 Å². The molecule has 2 atom stereocenters. The van der Waals surface area contributed by atoms with Crippen molar-refractivity contribution in [1.29, 1.82) is 0 Å². The first kappa shape index (κ1) is 15.8. The van der Waals surface area contributed by atoms with Gasteiger partial charge in [0.1, 0.15) is 6.04 Å². The van der Waals surface area contributed by atoms with Crippen LogP contribution in [0.15, 0.2) is 12.4 Å². The lowest BCUT2D eigenvalue weighted by molar-refractivity contribution is -0.122. The fourth-order valence-corrected chi connectivity index (χ4v) is 2.33. The Balaban J connectivity index is 1.85. The largest absolute Gasteiger partial charge is 0.376 e. The number of nitrogens with one attached hydrogen (secondary N) is 2. The van der Waals surface area contributed by atoms with Crippen LogP contribution >= 0.6 is 0 Å². The summed E-state index contributed by atoms with van der Waals surface area (Å²) in [5.41, 5.74) is 0.626. The number of aromatic nitrogens is 2. The fourth-order valence-electron chi connectivity index (χ4n) is 2.33. The van der Waals surface area contributed by atoms with Gasteiger partial charge < -0.3 is 15.4 Å². The van der Waals surface area contributed by atoms with Gasteiger partial charge in [-0.15, -0.1) is 0 Å². The van der Waals surface area contributed by atoms with Crippen molar-refractivity contribution in [2.24, 2.45) is 0 Å². The SMILES string of the molecule is C[C@H](Nc1cnn(C[C@H]2CCCO2)c1)C(=O)NC(C)(C)C. The minimum atomic E-state index is -0.301. The first-order valence-corrected chi connectivity index (χ1v) is 7.56. The van der Waals surface area contributed by atoms with Gasteiger partial charge >= 0.3 is 0 Å². The van der Waals surface area contributed by atoms with Crippen molar-refractivity contribution in [2.75, 3.05) is 11.9 Å². The Kier molecular flexibility index (Phi) is 4.88. The van der Waals surface area contributed by atoms with Crippen molar-refractivity contribution in [2.45, 2.75) is 64.8 Å². The van der Waals surface area contributed by atoms with Gasteiger partial charge in [0.15, 0.2) is 0 Å². The molecule has 0 spiro atoms. The molecule has 6 heteroatoms. The molecule has 2 heterocycles. The molecular formula is C15H26N4O2. The molecule has 0 aromatic carbocycles. The Morgan fingerprint density at radius 1 is 1.57 bits per heavy atom. The summed E-state index contributed by atoms with van der Waals surface area (Å²) in [6, 6.07) is -0.301. The van der Waals surface area contributed by atoms with Crippen LogP contribution in [0.5, 0.6) is 0 Å². The van der Waals surface area contributed by atoms with E-state index in [1.54, 1.807) is 6.20 Å². The van der Waals surface area contributed by atoms with Crippen LogP contribution in [0, 0.1) is 0 Å². The summed E-state index contributed by atoms with van der Waals surface area (Å²) in [4.78, 5) is 12.0. The maximum Gasteiger partial charge on any atom is 0.242 e. The molecule has 2 N–H and O–H groups in total. The van der Waals surface area contributed by atoms with Crippen LogP contribution in [0.25, 0.3) is 0 Å². The van der Waals surface area contributed by atoms with Crippen molar-refractivity contribution in [3.8, 4) is 0 Å². The van der Waals surface area contributed by atoms with E-state index in [1.165, 1.54) is 0 Å². The summed E-state index contributed by atoms with van der Waals surface area (Å²) >= 11 is 0. The smallest absolute Gasteiger partial charge is 0.242 e. The molecule has 1 saturated heterocycles. The summed E-state index contributed by atoms with van der Waals surface area (Å²) in [6.45, 7) is 9.37. The third-order valence-electron chi connectivity index (χ3n) is 3.32. The third-order valence-corrected chi connectivity index (χ3v) is 3.32. The Bertz CT molecular complexity index is 472. The Labute approximate surface area is 126 Å². The third kappa shape index (κ3) is 5.04. The quantitative estimate of drug-likeness (QED) is 0.868. The second-order valence-corrected chi connectivity index (χ2v) is 6.69. The van der Waals surface area contributed by atoms with Crippen LogP contribution in [-0.4, -0.2) is 40.0 Å². The van der Waals surface area contributed by atoms with E-state index in [0.717, 1.165) is 31.7 Å². The molecule has 0 unspecified atom stereocenters. The zero-order valence-electron chi connectivity index (χ0n) is 13.3. The molecule has 6 nitrogen and oxygen atoms in total. The van der Waals surface area contributed by atoms with Crippen molar-refractivity contribution in [1.82, 2.24) is 15.1 Å². The van der Waals surface area contributed by atoms with Crippen LogP contribution in [-0.2, 0) is 16.1 Å². The van der Waals surface area contributed by atoms with Gasteiger partial charge in [-0.3, -0.25) is 9.48 Å². The molecule has 1 fully saturated rings. The first-order chi connectivity index (χ1) is 9.83. The summed E-state index contributed by atoms with van der Waals surface area (Å²) < 4.78 is 7.46. The zero-order chi connectivity index (χ0) is 15.5. The summed E-state index contributed by atoms with van der Waals surface area (Å²) in [5.74, 6) is -0.0191. The highest BCUT2D eigenvalue weighted by Gasteiger charge is 2.20. The lowest BCUT2D eigenvalue weighted by Crippen LogP contribution is -2.47. The fraction of sp³-hybridized carbons (Fsp3) is 0.733. The van der Waals surface area contributed by atoms with Gasteiger partial charge in [-0.2, -0.15) is 5.10 Å². The highest BCUT2D eigenvalue weighted by Crippen LogP contribution is 2.15. The van der Waals surface area contributed by atoms with E-state index < -0.39 is 0 Å². The minimum absolute atomic E-state index is 0.0191. The molecule has 1 amide bonds. The molecule has 1 aliphatic rings. The first-order valence-electron chi connectivity index (χ1n) is 7.56. The second kappa shape index (κ2) is 6.47. The number of ether oxygens (including phenoxy) is 1. The summed E-state index contributed by atoms with van der Waals surface area (Å²) in [6.07, 6.45) is 6.14. The highest BCUT2D eigenvalue weighted by atomic mass is 16.5. The predicted octanol–water partition coefficient (Wildman–Crippen LogP) is 1.78. The minimum Gasteiger partial charge on any atom is -0.376 e. The van der Waals surface area contributed by atoms with Gasteiger partial charge in [-0.25, -0.2) is 0 Å². The van der Waals surface area contributed by atoms with E-state index in [2.05, 4.69) is 15.7 Å². The van der Waals surface area contributed by atoms with Gasteiger partial charge in [-0.1, -0.05) is 0 Å². The molecule has 1 aromatic heterocycles. The molecule has 2 rings (SSSR count). The van der Waals surface area contributed by atoms with Crippen LogP contribution < -0.4 is 10.6 Å². The van der Waals surface area contributed by atoms with Gasteiger partial charge in [0, 0.05) is 18.3 Å². The average molecular weight is 294 g/mol. The molecule has 0 aliphatic carbocycles. The van der Waals surface area contributed by atoms with E-state index in [4.69, 9.17) is 4.74 Å². The number of carbonyl (C=O) groups is 1. The molecule has 118 valence electrons. The number of rotatable bonds is 5. The van der Waals surface area contributed by atoms with E-state index in [9.17, 15) is 4.79 Å². The van der Waals surface area contributed by atoms with Gasteiger partial charge in [0.2, 0.25) is 5.91 Å². The van der Waals surface area contributed by atoms with Crippen molar-refractivity contribution >= 4 is 11.6 Å². The number of nitrogens with zero attached hydrogens (tertiary/aromatic N) is 2. The van der Waals surface area contributed by atoms with Gasteiger partial charge in [0.05, 0.1) is 24.5 Å². The van der Waals surface area contributed by atoms with Crippen molar-refractivity contribution in [3.63, 3.8) is 0 Å². The second-order valence-electron chi connectivity index (χ2n) is 6.69. The van der Waals surface area contributed by atoms with Gasteiger partial charge in [-0.05, 0) is 40.5 Å². The predicted molar refractivity (Wildman–Crippen MR) is 82.2 cm³/mol. The topological polar surface area (TPSA) is 68.2 Å². The number of anilines is 1. The summed E-state index contributed by atoms with van der Waals surface area (Å²) in [5, 5.41) is 10.4. The molecule has 1 aliphatic heterocycles. The van der Waals surface area contributed by atoms with Crippen molar-refractivity contribution in [3.05, 3.63) is 12.4 Å². The van der Waals surface area contributed by atoms with Crippen molar-refractivity contribution < 1.29 is 9.53 Å². The molecule has 1 aromatic rings. The highest BCUT2D eigenvalue weighted by molar-refractivity contribution is 5.84. The molecule has 0 radical (unpaired) electrons. The molecule has 21 heavy (non-hydrogen) atoms. The van der Waals surface area contributed by atoms with E-state index in [-0.39, 0.29) is 23.6 Å². The maximum atomic E-state index is 12.0. The Hall–Kier alpha value is -1.56. The lowest BCUT2D eigenvalue weighted by atomic mass is 10.1.